The Bertz CT molecular complexity index is 922. The van der Waals surface area contributed by atoms with E-state index in [-0.39, 0.29) is 22.8 Å². The van der Waals surface area contributed by atoms with Crippen molar-refractivity contribution >= 4 is 6.29 Å². The van der Waals surface area contributed by atoms with Crippen LogP contribution < -0.4 is 4.74 Å². The maximum Gasteiger partial charge on any atom is 0.154 e. The van der Waals surface area contributed by atoms with Gasteiger partial charge in [-0.3, -0.25) is 4.79 Å². The molecule has 4 nitrogen and oxygen atoms in total. The summed E-state index contributed by atoms with van der Waals surface area (Å²) in [4.78, 5) is 11.6. The van der Waals surface area contributed by atoms with Crippen molar-refractivity contribution in [2.75, 3.05) is 0 Å². The quantitative estimate of drug-likeness (QED) is 0.699. The molecule has 0 amide bonds. The molecular formula is C22H24O4. The molecule has 0 radical (unpaired) electrons. The second-order valence-electron chi connectivity index (χ2n) is 9.22. The number of hydrogen-bond acceptors (Lipinski definition) is 4. The predicted octanol–water partition coefficient (Wildman–Crippen LogP) is 5.39. The number of aromatic hydroxyl groups is 1. The smallest absolute Gasteiger partial charge is 0.154 e. The molecule has 136 valence electrons. The third-order valence-corrected chi connectivity index (χ3v) is 6.98. The molecule has 0 spiro atoms. The van der Waals surface area contributed by atoms with E-state index in [4.69, 9.17) is 9.15 Å². The van der Waals surface area contributed by atoms with Crippen LogP contribution in [-0.4, -0.2) is 11.4 Å². The fourth-order valence-electron chi connectivity index (χ4n) is 5.80. The van der Waals surface area contributed by atoms with Crippen LogP contribution in [0.3, 0.4) is 0 Å². The Morgan fingerprint density at radius 1 is 1.27 bits per heavy atom. The second kappa shape index (κ2) is 4.93. The van der Waals surface area contributed by atoms with E-state index in [1.165, 1.54) is 24.5 Å². The van der Waals surface area contributed by atoms with Crippen molar-refractivity contribution in [3.05, 3.63) is 35.1 Å². The number of furan rings is 1. The summed E-state index contributed by atoms with van der Waals surface area (Å²) < 4.78 is 12.4. The van der Waals surface area contributed by atoms with E-state index in [2.05, 4.69) is 20.8 Å². The third kappa shape index (κ3) is 1.93. The van der Waals surface area contributed by atoms with Crippen molar-refractivity contribution in [1.82, 2.24) is 0 Å². The highest BCUT2D eigenvalue weighted by Crippen LogP contribution is 2.61. The summed E-state index contributed by atoms with van der Waals surface area (Å²) in [7, 11) is 0. The van der Waals surface area contributed by atoms with Crippen LogP contribution >= 0.6 is 0 Å². The molecule has 1 saturated carbocycles. The average Bonchev–Trinajstić information content (AvgIpc) is 3.03. The molecule has 4 heteroatoms. The number of fused-ring (bicyclic) bond motifs is 4. The molecule has 1 aliphatic heterocycles. The number of ether oxygens (including phenoxy) is 1. The van der Waals surface area contributed by atoms with E-state index in [9.17, 15) is 9.90 Å². The molecule has 0 bridgehead atoms. The zero-order valence-electron chi connectivity index (χ0n) is 15.5. The van der Waals surface area contributed by atoms with E-state index < -0.39 is 0 Å². The van der Waals surface area contributed by atoms with Gasteiger partial charge in [-0.2, -0.15) is 0 Å². The summed E-state index contributed by atoms with van der Waals surface area (Å²) in [6, 6.07) is 3.26. The van der Waals surface area contributed by atoms with E-state index >= 15 is 0 Å². The monoisotopic (exact) mass is 352 g/mol. The third-order valence-electron chi connectivity index (χ3n) is 6.98. The van der Waals surface area contributed by atoms with E-state index in [0.29, 0.717) is 34.7 Å². The number of carbonyl (C=O) groups excluding carboxylic acids is 1. The lowest BCUT2D eigenvalue weighted by Crippen LogP contribution is -2.46. The minimum Gasteiger partial charge on any atom is -0.507 e. The maximum atomic E-state index is 11.6. The van der Waals surface area contributed by atoms with Gasteiger partial charge in [0.25, 0.3) is 0 Å². The lowest BCUT2D eigenvalue weighted by molar-refractivity contribution is 0.0391. The molecule has 3 atom stereocenters. The largest absolute Gasteiger partial charge is 0.507 e. The number of carbonyl (C=O) groups is 1. The molecule has 1 fully saturated rings. The van der Waals surface area contributed by atoms with Crippen LogP contribution in [0.25, 0.3) is 11.3 Å². The number of rotatable bonds is 1. The van der Waals surface area contributed by atoms with Gasteiger partial charge in [0.2, 0.25) is 0 Å². The van der Waals surface area contributed by atoms with Crippen LogP contribution in [-0.2, 0) is 5.41 Å². The first kappa shape index (κ1) is 16.0. The van der Waals surface area contributed by atoms with Crippen LogP contribution in [0, 0.1) is 11.3 Å². The van der Waals surface area contributed by atoms with Crippen LogP contribution in [0.4, 0.5) is 0 Å². The standard InChI is InChI=1S/C22H24O4/c1-21(2)7-6-12-8-17-19-14(22(12,3)11-21)10-25-20(19)18-13(9-23)15(24)4-5-16(18)26-17/h4-5,9-10,12,17,24H,6-8,11H2,1-3H3/t12-,17+,22+/m1/s1. The van der Waals surface area contributed by atoms with Crippen LogP contribution in [0.5, 0.6) is 11.5 Å². The van der Waals surface area contributed by atoms with E-state index in [1.54, 1.807) is 6.07 Å². The average molecular weight is 352 g/mol. The molecule has 5 rings (SSSR count). The van der Waals surface area contributed by atoms with Crippen molar-refractivity contribution in [1.29, 1.82) is 0 Å². The molecule has 1 aromatic heterocycles. The SMILES string of the molecule is CC1(C)CC[C@@H]2C[C@@H]3Oc4ccc(O)c(C=O)c4-c4occ(c43)[C@@]2(C)C1. The van der Waals surface area contributed by atoms with Crippen molar-refractivity contribution in [3.63, 3.8) is 0 Å². The van der Waals surface area contributed by atoms with Gasteiger partial charge in [-0.05, 0) is 54.6 Å². The molecule has 1 N–H and O–H groups in total. The topological polar surface area (TPSA) is 59.7 Å². The highest BCUT2D eigenvalue weighted by Gasteiger charge is 2.53. The minimum atomic E-state index is -0.0374. The lowest BCUT2D eigenvalue weighted by atomic mass is 9.52. The van der Waals surface area contributed by atoms with Gasteiger partial charge in [0.05, 0.1) is 17.4 Å². The first-order valence-electron chi connectivity index (χ1n) is 9.44. The number of phenols is 1. The molecular weight excluding hydrogens is 328 g/mol. The highest BCUT2D eigenvalue weighted by molar-refractivity contribution is 5.94. The molecule has 1 aromatic carbocycles. The van der Waals surface area contributed by atoms with E-state index in [0.717, 1.165) is 18.4 Å². The zero-order valence-corrected chi connectivity index (χ0v) is 15.5. The number of phenolic OH excluding ortho intramolecular Hbond substituents is 1. The van der Waals surface area contributed by atoms with Gasteiger partial charge in [0.15, 0.2) is 6.29 Å². The zero-order chi connectivity index (χ0) is 18.3. The van der Waals surface area contributed by atoms with Gasteiger partial charge >= 0.3 is 0 Å². The van der Waals surface area contributed by atoms with E-state index in [1.807, 2.05) is 6.26 Å². The number of hydrogen-bond donors (Lipinski definition) is 1. The van der Waals surface area contributed by atoms with Crippen molar-refractivity contribution in [2.45, 2.75) is 58.0 Å². The summed E-state index contributed by atoms with van der Waals surface area (Å²) >= 11 is 0. The van der Waals surface area contributed by atoms with Gasteiger partial charge in [-0.1, -0.05) is 20.8 Å². The first-order chi connectivity index (χ1) is 12.3. The fraction of sp³-hybridized carbons (Fsp3) is 0.500. The Hall–Kier alpha value is -2.23. The first-order valence-corrected chi connectivity index (χ1v) is 9.44. The Kier molecular flexibility index (Phi) is 3.03. The molecule has 3 aliphatic rings. The molecule has 2 heterocycles. The summed E-state index contributed by atoms with van der Waals surface area (Å²) in [5, 5.41) is 10.1. The Balaban J connectivity index is 1.74. The van der Waals surface area contributed by atoms with Crippen LogP contribution in [0.1, 0.15) is 74.0 Å². The lowest BCUT2D eigenvalue weighted by Gasteiger charge is -2.52. The minimum absolute atomic E-state index is 0.0328. The van der Waals surface area contributed by atoms with Gasteiger partial charge in [-0.25, -0.2) is 0 Å². The van der Waals surface area contributed by atoms with Crippen molar-refractivity contribution < 1.29 is 19.1 Å². The number of benzene rings is 1. The summed E-state index contributed by atoms with van der Waals surface area (Å²) in [6.07, 6.45) is 7.06. The van der Waals surface area contributed by atoms with Gasteiger partial charge in [0, 0.05) is 11.1 Å². The van der Waals surface area contributed by atoms with Crippen LogP contribution in [0.15, 0.2) is 22.8 Å². The van der Waals surface area contributed by atoms with Gasteiger partial charge in [-0.15, -0.1) is 0 Å². The van der Waals surface area contributed by atoms with Gasteiger partial charge in [0.1, 0.15) is 23.4 Å². The normalized spacial score (nSPS) is 30.6. The summed E-state index contributed by atoms with van der Waals surface area (Å²) in [5.74, 6) is 1.86. The Morgan fingerprint density at radius 2 is 2.08 bits per heavy atom. The van der Waals surface area contributed by atoms with Crippen LogP contribution in [0.2, 0.25) is 0 Å². The molecule has 2 aromatic rings. The van der Waals surface area contributed by atoms with Gasteiger partial charge < -0.3 is 14.3 Å². The molecule has 2 aliphatic carbocycles. The maximum absolute atomic E-state index is 11.6. The summed E-state index contributed by atoms with van der Waals surface area (Å²) in [5.41, 5.74) is 3.52. The highest BCUT2D eigenvalue weighted by atomic mass is 16.5. The predicted molar refractivity (Wildman–Crippen MR) is 97.7 cm³/mol. The molecule has 26 heavy (non-hydrogen) atoms. The van der Waals surface area contributed by atoms with Crippen molar-refractivity contribution in [2.24, 2.45) is 11.3 Å². The van der Waals surface area contributed by atoms with Crippen molar-refractivity contribution in [3.8, 4) is 22.8 Å². The Labute approximate surface area is 153 Å². The second-order valence-corrected chi connectivity index (χ2v) is 9.22. The molecule has 0 unspecified atom stereocenters. The fourth-order valence-corrected chi connectivity index (χ4v) is 5.80. The summed E-state index contributed by atoms with van der Waals surface area (Å²) in [6.45, 7) is 7.06. The number of aldehydes is 1. The molecule has 0 saturated heterocycles. The Morgan fingerprint density at radius 3 is 2.85 bits per heavy atom.